The van der Waals surface area contributed by atoms with Crippen LogP contribution in [-0.4, -0.2) is 20.9 Å². The molecule has 0 saturated carbocycles. The normalized spacial score (nSPS) is 10.5. The van der Waals surface area contributed by atoms with Gasteiger partial charge in [-0.1, -0.05) is 41.9 Å². The third-order valence-corrected chi connectivity index (χ3v) is 3.24. The van der Waals surface area contributed by atoms with Gasteiger partial charge in [0.25, 0.3) is 5.91 Å². The molecule has 5 nitrogen and oxygen atoms in total. The molecule has 0 aliphatic carbocycles. The molecule has 3 rings (SSSR count). The summed E-state index contributed by atoms with van der Waals surface area (Å²) < 4.78 is 0. The molecule has 3 aromatic rings. The molecule has 3 N–H and O–H groups in total. The highest BCUT2D eigenvalue weighted by molar-refractivity contribution is 6.30. The minimum Gasteiger partial charge on any atom is -0.356 e. The second-order valence-corrected chi connectivity index (χ2v) is 4.96. The highest BCUT2D eigenvalue weighted by atomic mass is 35.5. The van der Waals surface area contributed by atoms with Crippen molar-refractivity contribution in [3.63, 3.8) is 0 Å². The molecule has 21 heavy (non-hydrogen) atoms. The number of aromatic nitrogens is 3. The van der Waals surface area contributed by atoms with Gasteiger partial charge >= 0.3 is 0 Å². The summed E-state index contributed by atoms with van der Waals surface area (Å²) in [5.41, 5.74) is 2.40. The molecule has 0 spiro atoms. The first-order chi connectivity index (χ1) is 10.2. The molecule has 106 valence electrons. The molecule has 0 fully saturated rings. The zero-order valence-corrected chi connectivity index (χ0v) is 11.8. The predicted molar refractivity (Wildman–Crippen MR) is 81.0 cm³/mol. The Bertz CT molecular complexity index is 748. The first kappa shape index (κ1) is 13.5. The maximum Gasteiger partial charge on any atom is 0.268 e. The van der Waals surface area contributed by atoms with Crippen LogP contribution < -0.4 is 5.32 Å². The van der Waals surface area contributed by atoms with Gasteiger partial charge in [-0.3, -0.25) is 4.79 Å². The Kier molecular flexibility index (Phi) is 3.75. The van der Waals surface area contributed by atoms with E-state index in [0.717, 1.165) is 11.3 Å². The van der Waals surface area contributed by atoms with Gasteiger partial charge in [0.15, 0.2) is 0 Å². The van der Waals surface area contributed by atoms with Crippen molar-refractivity contribution in [3.05, 3.63) is 65.3 Å². The van der Waals surface area contributed by atoms with Gasteiger partial charge in [-0.15, -0.1) is 0 Å². The van der Waals surface area contributed by atoms with E-state index in [1.807, 2.05) is 30.3 Å². The number of aromatic amines is 2. The molecule has 2 heterocycles. The third kappa shape index (κ3) is 3.14. The van der Waals surface area contributed by atoms with Gasteiger partial charge < -0.3 is 15.3 Å². The molecule has 0 unspecified atom stereocenters. The van der Waals surface area contributed by atoms with Gasteiger partial charge in [0.2, 0.25) is 0 Å². The highest BCUT2D eigenvalue weighted by Crippen LogP contribution is 2.16. The largest absolute Gasteiger partial charge is 0.356 e. The van der Waals surface area contributed by atoms with E-state index in [4.69, 9.17) is 11.6 Å². The Morgan fingerprint density at radius 3 is 2.81 bits per heavy atom. The molecule has 0 aliphatic heterocycles. The van der Waals surface area contributed by atoms with Gasteiger partial charge in [0.05, 0.1) is 23.5 Å². The van der Waals surface area contributed by atoms with E-state index >= 15 is 0 Å². The second-order valence-electron chi connectivity index (χ2n) is 4.52. The van der Waals surface area contributed by atoms with Crippen LogP contribution in [0.4, 0.5) is 0 Å². The SMILES string of the molecule is O=C(NCc1ncc(-c2ccccc2)[nH]1)c1cc(Cl)c[nH]1. The first-order valence-corrected chi connectivity index (χ1v) is 6.81. The number of H-pyrrole nitrogens is 2. The predicted octanol–water partition coefficient (Wildman–Crippen LogP) is 2.99. The summed E-state index contributed by atoms with van der Waals surface area (Å²) in [7, 11) is 0. The number of rotatable bonds is 4. The van der Waals surface area contributed by atoms with E-state index < -0.39 is 0 Å². The van der Waals surface area contributed by atoms with Crippen LogP contribution in [0.15, 0.2) is 48.8 Å². The van der Waals surface area contributed by atoms with Crippen LogP contribution in [0.5, 0.6) is 0 Å². The smallest absolute Gasteiger partial charge is 0.268 e. The zero-order chi connectivity index (χ0) is 14.7. The first-order valence-electron chi connectivity index (χ1n) is 6.44. The minimum absolute atomic E-state index is 0.223. The Labute approximate surface area is 126 Å². The quantitative estimate of drug-likeness (QED) is 0.693. The highest BCUT2D eigenvalue weighted by Gasteiger charge is 2.09. The molecular formula is C15H13ClN4O. The second kappa shape index (κ2) is 5.85. The van der Waals surface area contributed by atoms with E-state index in [1.54, 1.807) is 18.5 Å². The Morgan fingerprint density at radius 2 is 2.10 bits per heavy atom. The Hall–Kier alpha value is -2.53. The van der Waals surface area contributed by atoms with Crippen molar-refractivity contribution in [3.8, 4) is 11.3 Å². The van der Waals surface area contributed by atoms with Crippen molar-refractivity contribution in [2.24, 2.45) is 0 Å². The maximum absolute atomic E-state index is 11.9. The number of carbonyl (C=O) groups excluding carboxylic acids is 1. The molecule has 1 aromatic carbocycles. The number of hydrogen-bond donors (Lipinski definition) is 3. The van der Waals surface area contributed by atoms with Crippen molar-refractivity contribution < 1.29 is 4.79 Å². The lowest BCUT2D eigenvalue weighted by Crippen LogP contribution is -2.23. The fourth-order valence-corrected chi connectivity index (χ4v) is 2.14. The summed E-state index contributed by atoms with van der Waals surface area (Å²) in [4.78, 5) is 22.1. The monoisotopic (exact) mass is 300 g/mol. The number of nitrogens with zero attached hydrogens (tertiary/aromatic N) is 1. The topological polar surface area (TPSA) is 73.6 Å². The number of amides is 1. The Balaban J connectivity index is 1.64. The van der Waals surface area contributed by atoms with Crippen LogP contribution in [-0.2, 0) is 6.54 Å². The number of hydrogen-bond acceptors (Lipinski definition) is 2. The van der Waals surface area contributed by atoms with Crippen LogP contribution in [0.1, 0.15) is 16.3 Å². The lowest BCUT2D eigenvalue weighted by Gasteiger charge is -2.01. The average molecular weight is 301 g/mol. The fourth-order valence-electron chi connectivity index (χ4n) is 1.97. The summed E-state index contributed by atoms with van der Waals surface area (Å²) in [5, 5.41) is 3.27. The van der Waals surface area contributed by atoms with E-state index in [0.29, 0.717) is 23.1 Å². The van der Waals surface area contributed by atoms with Gasteiger partial charge in [-0.25, -0.2) is 4.98 Å². The number of carbonyl (C=O) groups is 1. The molecule has 0 aliphatic rings. The molecule has 2 aromatic heterocycles. The van der Waals surface area contributed by atoms with Crippen LogP contribution >= 0.6 is 11.6 Å². The lowest BCUT2D eigenvalue weighted by molar-refractivity contribution is 0.0945. The standard InChI is InChI=1S/C15H13ClN4O/c16-11-6-12(17-7-11)15(21)19-9-14-18-8-13(20-14)10-4-2-1-3-5-10/h1-8,17H,9H2,(H,18,20)(H,19,21). The van der Waals surface area contributed by atoms with Crippen LogP contribution in [0.3, 0.4) is 0 Å². The van der Waals surface area contributed by atoms with Crippen LogP contribution in [0.2, 0.25) is 5.02 Å². The molecule has 0 radical (unpaired) electrons. The van der Waals surface area contributed by atoms with Crippen molar-refractivity contribution in [2.45, 2.75) is 6.54 Å². The van der Waals surface area contributed by atoms with Crippen LogP contribution in [0.25, 0.3) is 11.3 Å². The summed E-state index contributed by atoms with van der Waals surface area (Å²) in [6.07, 6.45) is 3.32. The van der Waals surface area contributed by atoms with E-state index in [1.165, 1.54) is 0 Å². The maximum atomic E-state index is 11.9. The number of nitrogens with one attached hydrogen (secondary N) is 3. The van der Waals surface area contributed by atoms with Gasteiger partial charge in [0.1, 0.15) is 11.5 Å². The van der Waals surface area contributed by atoms with Gasteiger partial charge in [0, 0.05) is 6.20 Å². The van der Waals surface area contributed by atoms with Gasteiger partial charge in [-0.2, -0.15) is 0 Å². The van der Waals surface area contributed by atoms with E-state index in [2.05, 4.69) is 20.3 Å². The molecular weight excluding hydrogens is 288 g/mol. The average Bonchev–Trinajstić information content (AvgIpc) is 3.15. The zero-order valence-electron chi connectivity index (χ0n) is 11.1. The number of imidazole rings is 1. The Morgan fingerprint density at radius 1 is 1.29 bits per heavy atom. The van der Waals surface area contributed by atoms with E-state index in [-0.39, 0.29) is 5.91 Å². The van der Waals surface area contributed by atoms with Crippen molar-refractivity contribution in [2.75, 3.05) is 0 Å². The van der Waals surface area contributed by atoms with Crippen molar-refractivity contribution >= 4 is 17.5 Å². The lowest BCUT2D eigenvalue weighted by atomic mass is 10.2. The van der Waals surface area contributed by atoms with Crippen molar-refractivity contribution in [1.82, 2.24) is 20.3 Å². The summed E-state index contributed by atoms with van der Waals surface area (Å²) >= 11 is 5.76. The molecule has 0 bridgehead atoms. The number of benzene rings is 1. The summed E-state index contributed by atoms with van der Waals surface area (Å²) in [6.45, 7) is 0.322. The summed E-state index contributed by atoms with van der Waals surface area (Å²) in [6, 6.07) is 11.5. The molecule has 6 heteroatoms. The van der Waals surface area contributed by atoms with Crippen LogP contribution in [0, 0.1) is 0 Å². The number of halogens is 1. The van der Waals surface area contributed by atoms with E-state index in [9.17, 15) is 4.79 Å². The summed E-state index contributed by atoms with van der Waals surface area (Å²) in [5.74, 6) is 0.472. The third-order valence-electron chi connectivity index (χ3n) is 3.02. The molecule has 0 atom stereocenters. The van der Waals surface area contributed by atoms with Crippen molar-refractivity contribution in [1.29, 1.82) is 0 Å². The molecule has 0 saturated heterocycles. The minimum atomic E-state index is -0.223. The fraction of sp³-hybridized carbons (Fsp3) is 0.0667. The molecule has 1 amide bonds. The van der Waals surface area contributed by atoms with Gasteiger partial charge in [-0.05, 0) is 11.6 Å².